The molecule has 0 bridgehead atoms. The van der Waals surface area contributed by atoms with E-state index in [9.17, 15) is 0 Å². The van der Waals surface area contributed by atoms with Crippen molar-refractivity contribution in [3.05, 3.63) is 295 Å². The number of aromatic nitrogens is 10. The number of hydrogen-bond acceptors (Lipinski definition) is 6. The molecular formula is C132H157N10Y5-5. The van der Waals surface area contributed by atoms with Crippen molar-refractivity contribution in [3.8, 4) is 11.3 Å². The van der Waals surface area contributed by atoms with Crippen molar-refractivity contribution in [2.45, 2.75) is 294 Å². The van der Waals surface area contributed by atoms with Crippen molar-refractivity contribution in [2.24, 2.45) is 150 Å². The molecule has 0 amide bonds. The van der Waals surface area contributed by atoms with Gasteiger partial charge in [-0.25, -0.2) is 19.0 Å². The Hall–Kier alpha value is -3.76. The van der Waals surface area contributed by atoms with Gasteiger partial charge in [0.2, 0.25) is 0 Å². The molecule has 25 atom stereocenters. The molecule has 755 valence electrons. The number of aryl methyl sites for hydroxylation is 1. The number of rotatable bonds is 5. The van der Waals surface area contributed by atoms with Crippen molar-refractivity contribution >= 4 is 55.6 Å². The fraction of sp³-hybridized carbons (Fsp3) is 0.538. The van der Waals surface area contributed by atoms with Gasteiger partial charge < -0.3 is 36.5 Å². The number of benzene rings is 1. The third kappa shape index (κ3) is 17.5. The van der Waals surface area contributed by atoms with Crippen LogP contribution in [0.25, 0.3) is 66.8 Å². The van der Waals surface area contributed by atoms with Crippen molar-refractivity contribution < 1.29 is 164 Å². The maximum atomic E-state index is 4.84. The first kappa shape index (κ1) is 109. The van der Waals surface area contributed by atoms with Crippen LogP contribution in [-0.2, 0) is 171 Å². The standard InChI is InChI=1S/C28H32N.C27H33N2.2C26H31N2.C25H30N3.5Y/c1-27-16-7-6-8-19(27)11-12-21-23-13-14-24(28(23,2)17-15-25(21)27)22-18-29-26-10-5-3-4-9-20(22)26;1-26-16-7-6-8-18(26)11-12-19-21-13-14-23(27(21,2)17-15-22(19)26)25-20-9-4-5-10-24(20)28-29(25)3;1-25-14-5-3-7-18(25)9-10-19-21-11-12-22(26(21,2)15-13-23(19)25)20-17-27-28-16-6-4-8-24(20)28;1-25-14-5-3-7-18(25)9-10-19-20-11-12-22(26(20,2)15-13-21(19)25)23-17-27-24-8-4-6-16-28(23)24;1-24-12-4-3-6-17(24)7-8-18-20-9-10-21(25(20,2)13-11-22(18)24)19-16-27-28-15-5-14-26-23(19)28;;;;;/h3-6,9-11,14,18,21,23,25H,7-8,12-13,15-17H2,1-2H3;4-6,9-11,14,19,21-22H,7-8,12-13,15-17H2,1-3H3;3-4,6,8-9,12,16-17,19,21,23H,5,7,10-11,13-15H2,1-2H3;3-4,6,8-9,12,16-17,19-21H,5,7,10-11,13-15H2,1-2H3;3,5,7,10,14-16,18,20,22H,4,6,8-9,11-13H2,1-2H3;;;;;/q5*-1;;;;;/t21?,23?,25?,27-,28-;19?,21?,22?,26-,27-;19?,21?,23?,25-,26-;19?,20?,21?,25-,26-;18?,20?,22?,24-,25-;;;;;/m00000...../s1. The van der Waals surface area contributed by atoms with E-state index in [4.69, 9.17) is 10.1 Å². The van der Waals surface area contributed by atoms with Gasteiger partial charge in [0.05, 0.1) is 46.7 Å². The Balaban J connectivity index is 0.000000107. The van der Waals surface area contributed by atoms with E-state index in [0.29, 0.717) is 48.7 Å². The normalized spacial score (nSPS) is 38.0. The summed E-state index contributed by atoms with van der Waals surface area (Å²) in [6.07, 6.45) is 101. The molecule has 8 heterocycles. The second-order valence-corrected chi connectivity index (χ2v) is 51.5. The maximum absolute atomic E-state index is 4.84. The molecule has 0 saturated heterocycles. The van der Waals surface area contributed by atoms with Crippen LogP contribution in [-0.4, -0.2) is 48.4 Å². The van der Waals surface area contributed by atoms with Gasteiger partial charge in [0.1, 0.15) is 5.65 Å². The third-order valence-electron chi connectivity index (χ3n) is 46.1. The zero-order valence-corrected chi connectivity index (χ0v) is 104. The van der Waals surface area contributed by atoms with E-state index in [1.54, 1.807) is 50.2 Å². The summed E-state index contributed by atoms with van der Waals surface area (Å²) in [7, 11) is 2.13. The Morgan fingerprint density at radius 2 is 0.680 bits per heavy atom. The molecule has 21 aliphatic carbocycles. The molecule has 15 unspecified atom stereocenters. The second-order valence-electron chi connectivity index (χ2n) is 51.5. The summed E-state index contributed by atoms with van der Waals surface area (Å²) in [6.45, 7) is 25.8. The average molecular weight is 2330 g/mol. The van der Waals surface area contributed by atoms with Crippen LogP contribution in [0.4, 0.5) is 0 Å². The van der Waals surface area contributed by atoms with Gasteiger partial charge in [-0.1, -0.05) is 245 Å². The predicted molar refractivity (Wildman–Crippen MR) is 582 cm³/mol. The summed E-state index contributed by atoms with van der Waals surface area (Å²) >= 11 is 0. The van der Waals surface area contributed by atoms with Gasteiger partial charge in [0.15, 0.2) is 5.65 Å². The van der Waals surface area contributed by atoms with Crippen molar-refractivity contribution in [1.82, 2.24) is 48.4 Å². The van der Waals surface area contributed by atoms with E-state index < -0.39 is 0 Å². The Kier molecular flexibility index (Phi) is 31.2. The molecule has 1 aromatic carbocycles. The zero-order valence-electron chi connectivity index (χ0n) is 90.3. The molecule has 15 heteroatoms. The van der Waals surface area contributed by atoms with E-state index in [1.807, 2.05) is 33.7 Å². The Bertz CT molecular complexity index is 6550. The number of imidazole rings is 1. The number of fused-ring (bicyclic) bond motifs is 30. The predicted octanol–water partition coefficient (Wildman–Crippen LogP) is 32.9. The van der Waals surface area contributed by atoms with Crippen LogP contribution in [0.5, 0.6) is 0 Å². The largest absolute Gasteiger partial charge is 0.325 e. The molecule has 10 nitrogen and oxygen atoms in total. The molecular weight excluding hydrogens is 2170 g/mol. The van der Waals surface area contributed by atoms with E-state index in [0.717, 1.165) is 111 Å². The molecule has 147 heavy (non-hydrogen) atoms. The molecule has 30 rings (SSSR count). The van der Waals surface area contributed by atoms with Crippen LogP contribution >= 0.6 is 0 Å². The van der Waals surface area contributed by atoms with Crippen LogP contribution in [0.3, 0.4) is 0 Å². The Morgan fingerprint density at radius 3 is 1.16 bits per heavy atom. The van der Waals surface area contributed by atoms with E-state index in [-0.39, 0.29) is 169 Å². The summed E-state index contributed by atoms with van der Waals surface area (Å²) in [5.41, 5.74) is 34.0. The van der Waals surface area contributed by atoms with Crippen LogP contribution in [0.2, 0.25) is 0 Å². The van der Waals surface area contributed by atoms with Gasteiger partial charge in [-0.15, -0.1) is 0 Å². The quantitative estimate of drug-likeness (QED) is 0.126. The van der Waals surface area contributed by atoms with Crippen molar-refractivity contribution in [2.75, 3.05) is 0 Å². The van der Waals surface area contributed by atoms with Crippen molar-refractivity contribution in [1.29, 1.82) is 0 Å². The molecule has 1 aliphatic heterocycles. The third-order valence-corrected chi connectivity index (χ3v) is 46.1. The van der Waals surface area contributed by atoms with E-state index in [2.05, 4.69) is 320 Å². The molecule has 7 aromatic heterocycles. The smallest absolute Gasteiger partial charge is 0.162 e. The molecule has 0 N–H and O–H groups in total. The fourth-order valence-electron chi connectivity index (χ4n) is 38.3. The Labute approximate surface area is 1010 Å². The minimum Gasteiger partial charge on any atom is -0.325 e. The van der Waals surface area contributed by atoms with Gasteiger partial charge in [-0.2, -0.15) is 79.5 Å². The molecule has 10 fully saturated rings. The fourth-order valence-corrected chi connectivity index (χ4v) is 38.3. The van der Waals surface area contributed by atoms with E-state index >= 15 is 0 Å². The summed E-state index contributed by atoms with van der Waals surface area (Å²) < 4.78 is 8.40. The maximum Gasteiger partial charge on any atom is 0.162 e. The number of nitrogens with zero attached hydrogens (tertiary/aromatic N) is 10. The SMILES string of the molecule is C[C@]12CC[CH-]CC1=CCC1C2CC[C@]2(C)C(c3cnc4cccccc3-4)=CCC12.C[C@]12CC[CH-]CC1=CCC1C2CC[C@]2(C)C(c3cnc4ccccn34)=CCC12.C[C@]12CC[CH-]CC1=CCC1C2CC[C@]2(C)C(c3cnn4ccccc34)=CCC12.C[C@]12CC[CH-]CC1=CCC1C2CC[C@]2(C)C(c3cnn4cccnc34)=CCC12.Cn1nc2ccccc2c1C1=CCC2C3CC=C4C[CH-]CC[C@]4(C)C3CC[C@]12C.[Y].[Y].[Y].[Y].[Y]. The second kappa shape index (κ2) is 42.2. The molecule has 22 aliphatic rings. The first-order valence-corrected chi connectivity index (χ1v) is 57.0. The Morgan fingerprint density at radius 1 is 0.299 bits per heavy atom. The minimum absolute atomic E-state index is 0. The number of allylic oxidation sites excluding steroid dienone is 20. The molecule has 0 spiro atoms. The minimum atomic E-state index is 0. The van der Waals surface area contributed by atoms with Gasteiger partial charge in [0.25, 0.3) is 0 Å². The van der Waals surface area contributed by atoms with E-state index in [1.165, 1.54) is 275 Å². The zero-order chi connectivity index (χ0) is 96.2. The van der Waals surface area contributed by atoms with Gasteiger partial charge >= 0.3 is 0 Å². The molecule has 10 saturated carbocycles. The van der Waals surface area contributed by atoms with Crippen LogP contribution in [0, 0.1) is 175 Å². The summed E-state index contributed by atoms with van der Waals surface area (Å²) in [5.74, 6) is 12.5. The summed E-state index contributed by atoms with van der Waals surface area (Å²) in [6, 6.07) is 34.2. The summed E-state index contributed by atoms with van der Waals surface area (Å²) in [5, 5.41) is 15.4. The van der Waals surface area contributed by atoms with Gasteiger partial charge in [-0.05, 0) is 342 Å². The monoisotopic (exact) mass is 2330 g/mol. The number of hydrogen-bond donors (Lipinski definition) is 0. The van der Waals surface area contributed by atoms with Crippen LogP contribution in [0.1, 0.15) is 322 Å². The van der Waals surface area contributed by atoms with Gasteiger partial charge in [-0.3, -0.25) is 9.67 Å². The van der Waals surface area contributed by atoms with Crippen molar-refractivity contribution in [3.63, 3.8) is 0 Å². The van der Waals surface area contributed by atoms with Crippen LogP contribution in [0.15, 0.2) is 235 Å². The topological polar surface area (TPSA) is 95.5 Å². The molecule has 5 radical (unpaired) electrons. The van der Waals surface area contributed by atoms with Crippen LogP contribution < -0.4 is 0 Å². The molecule has 8 aromatic rings. The summed E-state index contributed by atoms with van der Waals surface area (Å²) in [4.78, 5) is 14.1. The van der Waals surface area contributed by atoms with Gasteiger partial charge in [0, 0.05) is 229 Å². The first-order chi connectivity index (χ1) is 69.0. The number of pyridine rings is 2. The average Bonchev–Trinajstić information content (AvgIpc) is 1.67. The first-order valence-electron chi connectivity index (χ1n) is 57.0.